The lowest BCUT2D eigenvalue weighted by molar-refractivity contribution is -0.142. The Balaban J connectivity index is 2.14. The molecular weight excluding hydrogens is 380 g/mol. The summed E-state index contributed by atoms with van der Waals surface area (Å²) in [6.07, 6.45) is 0.821. The van der Waals surface area contributed by atoms with Crippen molar-refractivity contribution in [2.45, 2.75) is 52.7 Å². The summed E-state index contributed by atoms with van der Waals surface area (Å²) in [5.41, 5.74) is 2.02. The molecule has 0 saturated heterocycles. The van der Waals surface area contributed by atoms with Crippen molar-refractivity contribution in [1.29, 1.82) is 0 Å². The van der Waals surface area contributed by atoms with Gasteiger partial charge in [-0.05, 0) is 57.0 Å². The molecule has 6 nitrogen and oxygen atoms in total. The molecule has 162 valence electrons. The molecule has 0 bridgehead atoms. The number of amides is 2. The van der Waals surface area contributed by atoms with Crippen LogP contribution in [0.1, 0.15) is 38.3 Å². The Morgan fingerprint density at radius 2 is 1.60 bits per heavy atom. The largest absolute Gasteiger partial charge is 0.497 e. The zero-order valence-corrected chi connectivity index (χ0v) is 18.5. The van der Waals surface area contributed by atoms with Crippen molar-refractivity contribution in [2.24, 2.45) is 0 Å². The van der Waals surface area contributed by atoms with Crippen molar-refractivity contribution in [3.05, 3.63) is 59.7 Å². The zero-order chi connectivity index (χ0) is 22.1. The summed E-state index contributed by atoms with van der Waals surface area (Å²) in [4.78, 5) is 27.3. The highest BCUT2D eigenvalue weighted by Crippen LogP contribution is 2.16. The van der Waals surface area contributed by atoms with Gasteiger partial charge >= 0.3 is 0 Å². The number of hydrogen-bond donors (Lipinski definition) is 1. The summed E-state index contributed by atoms with van der Waals surface area (Å²) in [5, 5.41) is 2.96. The maximum Gasteiger partial charge on any atom is 0.261 e. The molecule has 0 spiro atoms. The molecule has 2 rings (SSSR count). The predicted molar refractivity (Wildman–Crippen MR) is 118 cm³/mol. The van der Waals surface area contributed by atoms with Crippen LogP contribution in [0.5, 0.6) is 11.5 Å². The summed E-state index contributed by atoms with van der Waals surface area (Å²) < 4.78 is 10.9. The average Bonchev–Trinajstić information content (AvgIpc) is 2.76. The first kappa shape index (κ1) is 23.3. The van der Waals surface area contributed by atoms with Crippen molar-refractivity contribution < 1.29 is 19.1 Å². The standard InChI is InChI=1S/C24H32N2O4/c1-6-18(3)25-24(28)19(4)26(15-20-9-13-21(29-5)14-10-20)23(27)16-30-22-11-7-17(2)8-12-22/h7-14,18-19H,6,15-16H2,1-5H3,(H,25,28)/t18-,19-/m0/s1. The molecular formula is C24H32N2O4. The second kappa shape index (κ2) is 11.2. The van der Waals surface area contributed by atoms with E-state index in [9.17, 15) is 9.59 Å². The highest BCUT2D eigenvalue weighted by molar-refractivity contribution is 5.88. The van der Waals surface area contributed by atoms with Gasteiger partial charge < -0.3 is 19.7 Å². The maximum absolute atomic E-state index is 13.0. The lowest BCUT2D eigenvalue weighted by Gasteiger charge is -2.29. The lowest BCUT2D eigenvalue weighted by atomic mass is 10.1. The molecule has 6 heteroatoms. The van der Waals surface area contributed by atoms with E-state index < -0.39 is 6.04 Å². The molecule has 0 aliphatic rings. The Morgan fingerprint density at radius 3 is 2.17 bits per heavy atom. The molecule has 1 N–H and O–H groups in total. The second-order valence-electron chi connectivity index (χ2n) is 7.47. The van der Waals surface area contributed by atoms with E-state index in [2.05, 4.69) is 5.32 Å². The van der Waals surface area contributed by atoms with E-state index in [1.165, 1.54) is 0 Å². The Bertz CT molecular complexity index is 818. The third-order valence-electron chi connectivity index (χ3n) is 5.06. The Hall–Kier alpha value is -3.02. The third kappa shape index (κ3) is 6.79. The number of hydrogen-bond acceptors (Lipinski definition) is 4. The number of nitrogens with one attached hydrogen (secondary N) is 1. The van der Waals surface area contributed by atoms with Crippen molar-refractivity contribution in [3.63, 3.8) is 0 Å². The fraction of sp³-hybridized carbons (Fsp3) is 0.417. The van der Waals surface area contributed by atoms with Crippen molar-refractivity contribution in [1.82, 2.24) is 10.2 Å². The highest BCUT2D eigenvalue weighted by Gasteiger charge is 2.27. The Morgan fingerprint density at radius 1 is 1.00 bits per heavy atom. The minimum atomic E-state index is -0.629. The number of ether oxygens (including phenoxy) is 2. The number of aryl methyl sites for hydroxylation is 1. The SMILES string of the molecule is CC[C@H](C)NC(=O)[C@H](C)N(Cc1ccc(OC)cc1)C(=O)COc1ccc(C)cc1. The van der Waals surface area contributed by atoms with Crippen molar-refractivity contribution >= 4 is 11.8 Å². The first-order chi connectivity index (χ1) is 14.3. The van der Waals surface area contributed by atoms with E-state index in [1.807, 2.05) is 69.3 Å². The molecule has 0 aliphatic heterocycles. The molecule has 0 unspecified atom stereocenters. The molecule has 0 radical (unpaired) electrons. The molecule has 2 amide bonds. The summed E-state index contributed by atoms with van der Waals surface area (Å²) in [6, 6.07) is 14.4. The van der Waals surface area contributed by atoms with Gasteiger partial charge in [0.2, 0.25) is 5.91 Å². The smallest absolute Gasteiger partial charge is 0.261 e. The summed E-state index contributed by atoms with van der Waals surface area (Å²) in [5.74, 6) is 0.927. The number of carbonyl (C=O) groups is 2. The van der Waals surface area contributed by atoms with Gasteiger partial charge in [0.05, 0.1) is 7.11 Å². The summed E-state index contributed by atoms with van der Waals surface area (Å²) >= 11 is 0. The van der Waals surface area contributed by atoms with E-state index in [1.54, 1.807) is 18.9 Å². The van der Waals surface area contributed by atoms with E-state index in [0.29, 0.717) is 12.3 Å². The number of rotatable bonds is 10. The first-order valence-electron chi connectivity index (χ1n) is 10.3. The van der Waals surface area contributed by atoms with Crippen LogP contribution in [0.15, 0.2) is 48.5 Å². The van der Waals surface area contributed by atoms with Crippen LogP contribution >= 0.6 is 0 Å². The molecule has 0 saturated carbocycles. The van der Waals surface area contributed by atoms with Gasteiger partial charge in [-0.1, -0.05) is 36.8 Å². The molecule has 0 aliphatic carbocycles. The van der Waals surface area contributed by atoms with Crippen LogP contribution in [-0.4, -0.2) is 42.5 Å². The van der Waals surface area contributed by atoms with Crippen LogP contribution < -0.4 is 14.8 Å². The van der Waals surface area contributed by atoms with Gasteiger partial charge in [-0.15, -0.1) is 0 Å². The molecule has 2 aromatic carbocycles. The van der Waals surface area contributed by atoms with Gasteiger partial charge in [0.1, 0.15) is 17.5 Å². The Labute approximate surface area is 179 Å². The van der Waals surface area contributed by atoms with Gasteiger partial charge in [-0.3, -0.25) is 9.59 Å². The van der Waals surface area contributed by atoms with Gasteiger partial charge in [-0.2, -0.15) is 0 Å². The van der Waals surface area contributed by atoms with E-state index in [4.69, 9.17) is 9.47 Å². The number of benzene rings is 2. The van der Waals surface area contributed by atoms with E-state index in [-0.39, 0.29) is 24.5 Å². The minimum absolute atomic E-state index is 0.0432. The lowest BCUT2D eigenvalue weighted by Crippen LogP contribution is -2.50. The van der Waals surface area contributed by atoms with E-state index >= 15 is 0 Å². The highest BCUT2D eigenvalue weighted by atomic mass is 16.5. The fourth-order valence-corrected chi connectivity index (χ4v) is 2.84. The molecule has 30 heavy (non-hydrogen) atoms. The van der Waals surface area contributed by atoms with Crippen LogP contribution in [0.2, 0.25) is 0 Å². The monoisotopic (exact) mass is 412 g/mol. The second-order valence-corrected chi connectivity index (χ2v) is 7.47. The molecule has 2 atom stereocenters. The minimum Gasteiger partial charge on any atom is -0.497 e. The van der Waals surface area contributed by atoms with E-state index in [0.717, 1.165) is 23.3 Å². The summed E-state index contributed by atoms with van der Waals surface area (Å²) in [6.45, 7) is 7.84. The van der Waals surface area contributed by atoms with Crippen molar-refractivity contribution in [2.75, 3.05) is 13.7 Å². The van der Waals surface area contributed by atoms with Crippen LogP contribution in [0.3, 0.4) is 0 Å². The maximum atomic E-state index is 13.0. The van der Waals surface area contributed by atoms with Crippen LogP contribution in [0.4, 0.5) is 0 Å². The van der Waals surface area contributed by atoms with Crippen LogP contribution in [-0.2, 0) is 16.1 Å². The van der Waals surface area contributed by atoms with Gasteiger partial charge in [0.25, 0.3) is 5.91 Å². The average molecular weight is 413 g/mol. The third-order valence-corrected chi connectivity index (χ3v) is 5.06. The fourth-order valence-electron chi connectivity index (χ4n) is 2.84. The van der Waals surface area contributed by atoms with Crippen LogP contribution in [0, 0.1) is 6.92 Å². The first-order valence-corrected chi connectivity index (χ1v) is 10.3. The topological polar surface area (TPSA) is 67.9 Å². The van der Waals surface area contributed by atoms with Gasteiger partial charge in [0.15, 0.2) is 6.61 Å². The normalized spacial score (nSPS) is 12.6. The molecule has 2 aromatic rings. The number of methoxy groups -OCH3 is 1. The summed E-state index contributed by atoms with van der Waals surface area (Å²) in [7, 11) is 1.61. The predicted octanol–water partition coefficient (Wildman–Crippen LogP) is 3.71. The van der Waals surface area contributed by atoms with Crippen molar-refractivity contribution in [3.8, 4) is 11.5 Å². The zero-order valence-electron chi connectivity index (χ0n) is 18.5. The van der Waals surface area contributed by atoms with Gasteiger partial charge in [-0.25, -0.2) is 0 Å². The quantitative estimate of drug-likeness (QED) is 0.646. The number of nitrogens with zero attached hydrogens (tertiary/aromatic N) is 1. The Kier molecular flexibility index (Phi) is 8.71. The molecule has 0 heterocycles. The molecule has 0 fully saturated rings. The molecule has 0 aromatic heterocycles. The van der Waals surface area contributed by atoms with Crippen LogP contribution in [0.25, 0.3) is 0 Å². The van der Waals surface area contributed by atoms with Gasteiger partial charge in [0, 0.05) is 12.6 Å². The number of carbonyl (C=O) groups excluding carboxylic acids is 2.